The van der Waals surface area contributed by atoms with Crippen LogP contribution in [0, 0.1) is 0 Å². The Morgan fingerprint density at radius 2 is 1.24 bits per heavy atom. The molecule has 0 radical (unpaired) electrons. The Morgan fingerprint density at radius 3 is 1.70 bits per heavy atom. The topological polar surface area (TPSA) is 93.1 Å². The summed E-state index contributed by atoms with van der Waals surface area (Å²) in [5.74, 6) is -1.29. The summed E-state index contributed by atoms with van der Waals surface area (Å²) < 4.78 is 0. The molecule has 4 fully saturated rings. The van der Waals surface area contributed by atoms with E-state index >= 15 is 0 Å². The van der Waals surface area contributed by atoms with Crippen molar-refractivity contribution in [1.29, 1.82) is 0 Å². The number of nitrogens with one attached hydrogen (secondary N) is 1. The van der Waals surface area contributed by atoms with Crippen LogP contribution in [0.5, 0.6) is 0 Å². The van der Waals surface area contributed by atoms with Crippen LogP contribution in [-0.4, -0.2) is 64.2 Å². The molecular weight excluding hydrogens is 466 g/mol. The number of hydrogen-bond donors (Lipinski definition) is 3. The number of piperidine rings is 2. The number of hydrogen-bond acceptors (Lipinski definition) is 5. The molecule has 190 valence electrons. The van der Waals surface area contributed by atoms with Crippen molar-refractivity contribution in [2.45, 2.75) is 35.9 Å². The average Bonchev–Trinajstić information content (AvgIpc) is 2.91. The van der Waals surface area contributed by atoms with Gasteiger partial charge in [0.1, 0.15) is 0 Å². The fourth-order valence-corrected chi connectivity index (χ4v) is 6.94. The molecule has 37 heavy (non-hydrogen) atoms. The van der Waals surface area contributed by atoms with Crippen LogP contribution in [0.2, 0.25) is 0 Å². The first-order valence-electron chi connectivity index (χ1n) is 12.8. The highest BCUT2D eigenvalue weighted by atomic mass is 16.4. The number of nitrogens with zero attached hydrogens (tertiary/aromatic N) is 2. The summed E-state index contributed by atoms with van der Waals surface area (Å²) in [5, 5.41) is 23.7. The molecule has 4 bridgehead atoms. The third-order valence-electron chi connectivity index (χ3n) is 8.44. The zero-order chi connectivity index (χ0) is 25.6. The Morgan fingerprint density at radius 1 is 0.757 bits per heavy atom. The van der Waals surface area contributed by atoms with E-state index in [2.05, 4.69) is 63.6 Å². The van der Waals surface area contributed by atoms with Gasteiger partial charge in [0, 0.05) is 49.1 Å². The van der Waals surface area contributed by atoms with Crippen molar-refractivity contribution in [2.75, 3.05) is 31.5 Å². The minimum atomic E-state index is -0.984. The zero-order valence-electron chi connectivity index (χ0n) is 20.6. The Labute approximate surface area is 216 Å². The van der Waals surface area contributed by atoms with Crippen molar-refractivity contribution < 1.29 is 19.8 Å². The number of carbonyl (C=O) groups excluding carboxylic acids is 1. The molecule has 3 aromatic carbocycles. The van der Waals surface area contributed by atoms with Crippen LogP contribution in [0.25, 0.3) is 0 Å². The van der Waals surface area contributed by atoms with E-state index in [1.807, 2.05) is 36.4 Å². The molecule has 0 spiro atoms. The van der Waals surface area contributed by atoms with Crippen LogP contribution in [0.3, 0.4) is 0 Å². The molecule has 4 heterocycles. The molecule has 0 aromatic heterocycles. The summed E-state index contributed by atoms with van der Waals surface area (Å²) in [6.45, 7) is 3.06. The summed E-state index contributed by atoms with van der Waals surface area (Å²) in [6, 6.07) is 28.7. The van der Waals surface area contributed by atoms with E-state index in [9.17, 15) is 14.7 Å². The maximum Gasteiger partial charge on any atom is 0.303 e. The molecule has 0 unspecified atom stereocenters. The molecule has 0 aliphatic carbocycles. The fourth-order valence-electron chi connectivity index (χ4n) is 6.94. The minimum Gasteiger partial charge on any atom is -0.481 e. The van der Waals surface area contributed by atoms with Gasteiger partial charge in [-0.25, -0.2) is 0 Å². The van der Waals surface area contributed by atoms with Crippen molar-refractivity contribution in [1.82, 2.24) is 9.80 Å². The van der Waals surface area contributed by atoms with Crippen LogP contribution >= 0.6 is 0 Å². The van der Waals surface area contributed by atoms with Gasteiger partial charge >= 0.3 is 5.97 Å². The molecular formula is C30H31N3O4. The van der Waals surface area contributed by atoms with Gasteiger partial charge in [-0.05, 0) is 28.8 Å². The molecule has 7 heteroatoms. The quantitative estimate of drug-likeness (QED) is 0.464. The molecule has 1 amide bonds. The summed E-state index contributed by atoms with van der Waals surface area (Å²) in [5.41, 5.74) is 3.38. The number of aliphatic hydroxyl groups excluding tert-OH is 1. The van der Waals surface area contributed by atoms with E-state index in [1.54, 1.807) is 0 Å². The van der Waals surface area contributed by atoms with Gasteiger partial charge in [0.05, 0.1) is 18.7 Å². The maximum absolute atomic E-state index is 12.1. The second kappa shape index (κ2) is 9.10. The summed E-state index contributed by atoms with van der Waals surface area (Å²) in [7, 11) is 0. The number of carboxylic acids is 1. The number of anilines is 1. The molecule has 4 saturated heterocycles. The maximum atomic E-state index is 12.1. The van der Waals surface area contributed by atoms with Gasteiger partial charge in [-0.3, -0.25) is 19.4 Å². The standard InChI is InChI=1S/C30H31N3O4/c34-25(15-16-26(35)36)31-24-13-11-21(12-14-24)27-32-17-29(22-7-3-1-4-8-22)18-33(27)20-30(19-32,28(29)37)23-9-5-2-6-10-23/h1-14,27-28,37H,15-20H2,(H,31,34)(H,35,36). The Kier molecular flexibility index (Phi) is 5.87. The molecule has 7 rings (SSSR count). The SMILES string of the molecule is O=C(O)CCC(=O)Nc1ccc(C2N3CC4(c5ccccc5)CN2CC(c2ccccc2)(C3)C4O)cc1. The molecule has 4 aliphatic rings. The number of aliphatic carboxylic acids is 1. The lowest BCUT2D eigenvalue weighted by atomic mass is 9.54. The summed E-state index contributed by atoms with van der Waals surface area (Å²) >= 11 is 0. The van der Waals surface area contributed by atoms with Gasteiger partial charge in [-0.1, -0.05) is 72.8 Å². The van der Waals surface area contributed by atoms with Crippen molar-refractivity contribution in [3.05, 3.63) is 102 Å². The zero-order valence-corrected chi connectivity index (χ0v) is 20.6. The average molecular weight is 498 g/mol. The summed E-state index contributed by atoms with van der Waals surface area (Å²) in [4.78, 5) is 27.8. The van der Waals surface area contributed by atoms with Gasteiger partial charge in [-0.2, -0.15) is 0 Å². The fraction of sp³-hybridized carbons (Fsp3) is 0.333. The number of amides is 1. The predicted octanol–water partition coefficient (Wildman–Crippen LogP) is 3.37. The highest BCUT2D eigenvalue weighted by Gasteiger charge is 2.66. The highest BCUT2D eigenvalue weighted by molar-refractivity contribution is 5.92. The number of benzene rings is 3. The van der Waals surface area contributed by atoms with Crippen LogP contribution in [-0.2, 0) is 20.4 Å². The molecule has 0 atom stereocenters. The number of carboxylic acid groups (broad SMARTS) is 1. The van der Waals surface area contributed by atoms with Gasteiger partial charge in [0.15, 0.2) is 0 Å². The van der Waals surface area contributed by atoms with Crippen LogP contribution in [0.1, 0.15) is 35.7 Å². The van der Waals surface area contributed by atoms with Crippen LogP contribution in [0.15, 0.2) is 84.9 Å². The van der Waals surface area contributed by atoms with Crippen molar-refractivity contribution >= 4 is 17.6 Å². The third kappa shape index (κ3) is 3.94. The van der Waals surface area contributed by atoms with E-state index in [1.165, 1.54) is 11.1 Å². The number of rotatable bonds is 7. The molecule has 3 aromatic rings. The Bertz CT molecular complexity index is 1220. The first-order chi connectivity index (χ1) is 17.9. The predicted molar refractivity (Wildman–Crippen MR) is 140 cm³/mol. The molecule has 3 N–H and O–H groups in total. The molecule has 7 nitrogen and oxygen atoms in total. The largest absolute Gasteiger partial charge is 0.481 e. The van der Waals surface area contributed by atoms with Crippen molar-refractivity contribution in [2.24, 2.45) is 0 Å². The lowest BCUT2D eigenvalue weighted by Crippen LogP contribution is -2.81. The van der Waals surface area contributed by atoms with Crippen LogP contribution < -0.4 is 5.32 Å². The van der Waals surface area contributed by atoms with Crippen molar-refractivity contribution in [3.63, 3.8) is 0 Å². The Hall–Kier alpha value is -3.52. The third-order valence-corrected chi connectivity index (χ3v) is 8.44. The second-order valence-corrected chi connectivity index (χ2v) is 10.7. The first-order valence-corrected chi connectivity index (χ1v) is 12.8. The highest BCUT2D eigenvalue weighted by Crippen LogP contribution is 2.56. The number of carbonyl (C=O) groups is 2. The minimum absolute atomic E-state index is 0.0489. The van der Waals surface area contributed by atoms with Gasteiger partial charge < -0.3 is 15.5 Å². The smallest absolute Gasteiger partial charge is 0.303 e. The van der Waals surface area contributed by atoms with Gasteiger partial charge in [0.25, 0.3) is 0 Å². The normalized spacial score (nSPS) is 31.7. The number of aliphatic hydroxyl groups is 1. The van der Waals surface area contributed by atoms with E-state index in [-0.39, 0.29) is 35.7 Å². The van der Waals surface area contributed by atoms with E-state index in [0.717, 1.165) is 31.7 Å². The van der Waals surface area contributed by atoms with E-state index < -0.39 is 12.1 Å². The Balaban J connectivity index is 1.31. The van der Waals surface area contributed by atoms with E-state index in [4.69, 9.17) is 5.11 Å². The lowest BCUT2D eigenvalue weighted by molar-refractivity contribution is -0.209. The lowest BCUT2D eigenvalue weighted by Gasteiger charge is -2.69. The first kappa shape index (κ1) is 23.9. The molecule has 0 saturated carbocycles. The summed E-state index contributed by atoms with van der Waals surface area (Å²) in [6.07, 6.45) is -0.652. The molecule has 4 aliphatic heterocycles. The van der Waals surface area contributed by atoms with Crippen molar-refractivity contribution in [3.8, 4) is 0 Å². The van der Waals surface area contributed by atoms with Crippen LogP contribution in [0.4, 0.5) is 5.69 Å². The van der Waals surface area contributed by atoms with Gasteiger partial charge in [0.2, 0.25) is 5.91 Å². The van der Waals surface area contributed by atoms with Gasteiger partial charge in [-0.15, -0.1) is 0 Å². The monoisotopic (exact) mass is 497 g/mol. The van der Waals surface area contributed by atoms with E-state index in [0.29, 0.717) is 5.69 Å². The second-order valence-electron chi connectivity index (χ2n) is 10.7.